The Balaban J connectivity index is 2.01. The fraction of sp³-hybridized carbons (Fsp3) is 0.412. The fourth-order valence-electron chi connectivity index (χ4n) is 2.82. The van der Waals surface area contributed by atoms with Crippen LogP contribution >= 0.6 is 11.6 Å². The lowest BCUT2D eigenvalue weighted by Crippen LogP contribution is -2.27. The number of fused-ring (bicyclic) bond motifs is 3. The van der Waals surface area contributed by atoms with E-state index in [-0.39, 0.29) is 18.1 Å². The monoisotopic (exact) mass is 335 g/mol. The number of carbonyl (C=O) groups excluding carboxylic acids is 1. The molecule has 0 spiro atoms. The van der Waals surface area contributed by atoms with Crippen LogP contribution in [0, 0.1) is 0 Å². The zero-order chi connectivity index (χ0) is 16.6. The van der Waals surface area contributed by atoms with Crippen LogP contribution in [0.25, 0.3) is 11.0 Å². The molecule has 0 saturated heterocycles. The van der Waals surface area contributed by atoms with Crippen LogP contribution in [-0.2, 0) is 17.6 Å². The Kier molecular flexibility index (Phi) is 4.31. The number of hydrogen-bond acceptors (Lipinski definition) is 4. The van der Waals surface area contributed by atoms with Crippen molar-refractivity contribution < 1.29 is 13.9 Å². The summed E-state index contributed by atoms with van der Waals surface area (Å²) in [5.41, 5.74) is 1.95. The molecule has 0 bridgehead atoms. The Morgan fingerprint density at radius 3 is 2.65 bits per heavy atom. The van der Waals surface area contributed by atoms with Gasteiger partial charge in [0.15, 0.2) is 6.61 Å². The van der Waals surface area contributed by atoms with Crippen LogP contribution in [0.15, 0.2) is 21.3 Å². The molecule has 1 aliphatic rings. The van der Waals surface area contributed by atoms with Gasteiger partial charge in [-0.05, 0) is 37.3 Å². The zero-order valence-corrected chi connectivity index (χ0v) is 13.9. The second-order valence-electron chi connectivity index (χ2n) is 5.91. The lowest BCUT2D eigenvalue weighted by atomic mass is 9.91. The molecular weight excluding hydrogens is 318 g/mol. The number of hydrogen-bond donors (Lipinski definition) is 0. The maximum atomic E-state index is 12.1. The van der Waals surface area contributed by atoms with E-state index >= 15 is 0 Å². The average molecular weight is 336 g/mol. The van der Waals surface area contributed by atoms with Gasteiger partial charge in [0.25, 0.3) is 5.91 Å². The number of halogens is 1. The summed E-state index contributed by atoms with van der Waals surface area (Å²) in [6.07, 6.45) is 3.66. The maximum absolute atomic E-state index is 12.1. The minimum atomic E-state index is -0.287. The molecule has 0 radical (unpaired) electrons. The molecule has 0 saturated carbocycles. The topological polar surface area (TPSA) is 59.8 Å². The first kappa shape index (κ1) is 15.9. The molecule has 2 aromatic rings. The molecule has 1 heterocycles. The third kappa shape index (κ3) is 3.06. The van der Waals surface area contributed by atoms with Gasteiger partial charge in [0.2, 0.25) is 0 Å². The van der Waals surface area contributed by atoms with Crippen molar-refractivity contribution in [2.45, 2.75) is 25.7 Å². The van der Waals surface area contributed by atoms with Crippen molar-refractivity contribution >= 4 is 28.5 Å². The summed E-state index contributed by atoms with van der Waals surface area (Å²) >= 11 is 6.28. The summed E-state index contributed by atoms with van der Waals surface area (Å²) in [5.74, 6) is 0.168. The van der Waals surface area contributed by atoms with Crippen molar-refractivity contribution in [1.29, 1.82) is 0 Å². The van der Waals surface area contributed by atoms with Crippen LogP contribution in [0.3, 0.4) is 0 Å². The van der Waals surface area contributed by atoms with Gasteiger partial charge in [0.05, 0.1) is 5.02 Å². The molecule has 122 valence electrons. The van der Waals surface area contributed by atoms with Gasteiger partial charge >= 0.3 is 5.63 Å². The third-order valence-corrected chi connectivity index (χ3v) is 4.42. The molecule has 0 atom stereocenters. The Bertz CT molecular complexity index is 825. The smallest absolute Gasteiger partial charge is 0.339 e. The number of aryl methyl sites for hydroxylation is 1. The Morgan fingerprint density at radius 1 is 1.26 bits per heavy atom. The molecule has 0 unspecified atom stereocenters. The van der Waals surface area contributed by atoms with Gasteiger partial charge in [-0.25, -0.2) is 4.79 Å². The number of amides is 1. The number of rotatable bonds is 3. The second-order valence-corrected chi connectivity index (χ2v) is 6.32. The van der Waals surface area contributed by atoms with Gasteiger partial charge in [0.1, 0.15) is 11.3 Å². The van der Waals surface area contributed by atoms with Crippen LogP contribution in [0.1, 0.15) is 24.0 Å². The lowest BCUT2D eigenvalue weighted by Gasteiger charge is -2.17. The highest BCUT2D eigenvalue weighted by molar-refractivity contribution is 6.32. The molecule has 6 heteroatoms. The SMILES string of the molecule is CN(C)C(=O)COc1cc2oc(=O)c3c(c2cc1Cl)CCCC3. The molecule has 0 N–H and O–H groups in total. The van der Waals surface area contributed by atoms with Crippen molar-refractivity contribution in [3.63, 3.8) is 0 Å². The number of ether oxygens (including phenoxy) is 1. The molecule has 0 aliphatic heterocycles. The predicted molar refractivity (Wildman–Crippen MR) is 88.3 cm³/mol. The minimum absolute atomic E-state index is 0.118. The van der Waals surface area contributed by atoms with Gasteiger partial charge in [-0.3, -0.25) is 4.79 Å². The van der Waals surface area contributed by atoms with Gasteiger partial charge in [-0.1, -0.05) is 11.6 Å². The quantitative estimate of drug-likeness (QED) is 0.809. The van der Waals surface area contributed by atoms with Crippen molar-refractivity contribution in [2.24, 2.45) is 0 Å². The summed E-state index contributed by atoms with van der Waals surface area (Å²) in [6, 6.07) is 3.36. The average Bonchev–Trinajstić information content (AvgIpc) is 2.53. The highest BCUT2D eigenvalue weighted by Crippen LogP contribution is 2.34. The molecule has 1 aliphatic carbocycles. The summed E-state index contributed by atoms with van der Waals surface area (Å²) in [7, 11) is 3.30. The normalized spacial score (nSPS) is 13.7. The number of nitrogens with zero attached hydrogens (tertiary/aromatic N) is 1. The fourth-order valence-corrected chi connectivity index (χ4v) is 3.04. The minimum Gasteiger partial charge on any atom is -0.482 e. The van der Waals surface area contributed by atoms with Crippen LogP contribution < -0.4 is 10.4 Å². The molecule has 23 heavy (non-hydrogen) atoms. The van der Waals surface area contributed by atoms with Crippen molar-refractivity contribution in [1.82, 2.24) is 4.90 Å². The third-order valence-electron chi connectivity index (χ3n) is 4.13. The summed E-state index contributed by atoms with van der Waals surface area (Å²) in [4.78, 5) is 25.2. The van der Waals surface area contributed by atoms with Gasteiger partial charge in [-0.15, -0.1) is 0 Å². The zero-order valence-electron chi connectivity index (χ0n) is 13.1. The van der Waals surface area contributed by atoms with E-state index in [1.54, 1.807) is 26.2 Å². The van der Waals surface area contributed by atoms with Crippen molar-refractivity contribution in [2.75, 3.05) is 20.7 Å². The first-order valence-corrected chi connectivity index (χ1v) is 7.96. The van der Waals surface area contributed by atoms with E-state index in [1.165, 1.54) is 4.90 Å². The van der Waals surface area contributed by atoms with E-state index in [9.17, 15) is 9.59 Å². The maximum Gasteiger partial charge on any atom is 0.339 e. The van der Waals surface area contributed by atoms with E-state index in [0.717, 1.165) is 42.2 Å². The van der Waals surface area contributed by atoms with Gasteiger partial charge in [-0.2, -0.15) is 0 Å². The Hall–Kier alpha value is -2.01. The second kappa shape index (κ2) is 6.24. The first-order chi connectivity index (χ1) is 11.0. The standard InChI is InChI=1S/C17H18ClNO4/c1-19(2)16(20)9-22-15-8-14-12(7-13(15)18)10-5-3-4-6-11(10)17(21)23-14/h7-8H,3-6,9H2,1-2H3. The van der Waals surface area contributed by atoms with E-state index in [1.807, 2.05) is 0 Å². The molecule has 5 nitrogen and oxygen atoms in total. The lowest BCUT2D eigenvalue weighted by molar-refractivity contribution is -0.130. The largest absolute Gasteiger partial charge is 0.482 e. The summed E-state index contributed by atoms with van der Waals surface area (Å²) in [6.45, 7) is -0.118. The number of likely N-dealkylation sites (N-methyl/N-ethyl adjacent to an activating group) is 1. The van der Waals surface area contributed by atoms with E-state index in [2.05, 4.69) is 0 Å². The van der Waals surface area contributed by atoms with Crippen LogP contribution in [-0.4, -0.2) is 31.5 Å². The molecule has 3 rings (SSSR count). The van der Waals surface area contributed by atoms with Crippen molar-refractivity contribution in [3.8, 4) is 5.75 Å². The van der Waals surface area contributed by atoms with Crippen LogP contribution in [0.2, 0.25) is 5.02 Å². The predicted octanol–water partition coefficient (Wildman–Crippen LogP) is 2.79. The number of carbonyl (C=O) groups is 1. The van der Waals surface area contributed by atoms with Crippen LogP contribution in [0.4, 0.5) is 0 Å². The van der Waals surface area contributed by atoms with E-state index in [4.69, 9.17) is 20.8 Å². The van der Waals surface area contributed by atoms with Crippen molar-refractivity contribution in [3.05, 3.63) is 38.7 Å². The highest BCUT2D eigenvalue weighted by Gasteiger charge is 2.19. The van der Waals surface area contributed by atoms with E-state index in [0.29, 0.717) is 16.4 Å². The summed E-state index contributed by atoms with van der Waals surface area (Å²) < 4.78 is 10.9. The molecule has 1 aromatic carbocycles. The van der Waals surface area contributed by atoms with E-state index < -0.39 is 0 Å². The Morgan fingerprint density at radius 2 is 1.96 bits per heavy atom. The summed E-state index contributed by atoms with van der Waals surface area (Å²) in [5, 5.41) is 1.27. The number of benzene rings is 1. The van der Waals surface area contributed by atoms with Gasteiger partial charge in [0, 0.05) is 31.1 Å². The highest BCUT2D eigenvalue weighted by atomic mass is 35.5. The molecule has 1 amide bonds. The molecule has 0 fully saturated rings. The van der Waals surface area contributed by atoms with Gasteiger partial charge < -0.3 is 14.1 Å². The Labute approximate surface area is 138 Å². The first-order valence-electron chi connectivity index (χ1n) is 7.58. The molecule has 1 aromatic heterocycles. The van der Waals surface area contributed by atoms with Crippen LogP contribution in [0.5, 0.6) is 5.75 Å². The molecular formula is C17H18ClNO4.